The van der Waals surface area contributed by atoms with Gasteiger partial charge in [-0.2, -0.15) is 0 Å². The van der Waals surface area contributed by atoms with E-state index in [0.29, 0.717) is 10.6 Å². The summed E-state index contributed by atoms with van der Waals surface area (Å²) < 4.78 is 31.3. The molecular formula is C26H29N3O2S. The van der Waals surface area contributed by atoms with Crippen LogP contribution in [-0.4, -0.2) is 37.5 Å². The largest absolute Gasteiger partial charge is 0.347 e. The van der Waals surface area contributed by atoms with Crippen LogP contribution in [0.15, 0.2) is 77.8 Å². The number of aromatic nitrogens is 1. The van der Waals surface area contributed by atoms with Crippen LogP contribution in [0.2, 0.25) is 0 Å². The summed E-state index contributed by atoms with van der Waals surface area (Å²) in [6, 6.07) is 20.7. The fraction of sp³-hybridized carbons (Fsp3) is 0.308. The predicted molar refractivity (Wildman–Crippen MR) is 132 cm³/mol. The summed E-state index contributed by atoms with van der Waals surface area (Å²) in [5.41, 5.74) is 1.72. The number of hydrogen-bond donors (Lipinski definition) is 1. The standard InChI is InChI=1S/C26H29N3O2S/c30-32(31,26-11-6-9-21-8-2-3-10-24(21)26)27-23-12-13-25-22(20-23)14-19-29(25)18-7-17-28-15-4-1-5-16-28/h2-3,6,8-14,19-20,27H,1,4-5,7,15-18H2. The number of benzene rings is 3. The maximum Gasteiger partial charge on any atom is 0.262 e. The Morgan fingerprint density at radius 3 is 2.50 bits per heavy atom. The van der Waals surface area contributed by atoms with Gasteiger partial charge < -0.3 is 9.47 Å². The highest BCUT2D eigenvalue weighted by atomic mass is 32.2. The molecule has 0 atom stereocenters. The van der Waals surface area contributed by atoms with E-state index < -0.39 is 10.0 Å². The number of rotatable bonds is 7. The molecule has 3 aromatic carbocycles. The molecule has 1 aromatic heterocycles. The van der Waals surface area contributed by atoms with Crippen molar-refractivity contribution in [3.63, 3.8) is 0 Å². The van der Waals surface area contributed by atoms with Gasteiger partial charge in [0.25, 0.3) is 10.0 Å². The lowest BCUT2D eigenvalue weighted by Crippen LogP contribution is -2.31. The minimum absolute atomic E-state index is 0.297. The predicted octanol–water partition coefficient (Wildman–Crippen LogP) is 5.47. The number of piperidine rings is 1. The zero-order valence-electron chi connectivity index (χ0n) is 18.2. The molecule has 1 aliphatic rings. The first-order chi connectivity index (χ1) is 15.6. The fourth-order valence-corrected chi connectivity index (χ4v) is 6.03. The summed E-state index contributed by atoms with van der Waals surface area (Å²) in [6.07, 6.45) is 7.24. The molecule has 1 aliphatic heterocycles. The molecule has 2 heterocycles. The van der Waals surface area contributed by atoms with Crippen molar-refractivity contribution in [1.29, 1.82) is 0 Å². The molecule has 0 unspecified atom stereocenters. The van der Waals surface area contributed by atoms with E-state index in [9.17, 15) is 8.42 Å². The Morgan fingerprint density at radius 2 is 1.62 bits per heavy atom. The number of fused-ring (bicyclic) bond motifs is 2. The molecule has 1 saturated heterocycles. The average Bonchev–Trinajstić information content (AvgIpc) is 3.21. The van der Waals surface area contributed by atoms with E-state index in [2.05, 4.69) is 26.5 Å². The van der Waals surface area contributed by atoms with E-state index in [1.165, 1.54) is 32.4 Å². The number of hydrogen-bond acceptors (Lipinski definition) is 3. The molecule has 1 fully saturated rings. The highest BCUT2D eigenvalue weighted by Gasteiger charge is 2.18. The number of anilines is 1. The zero-order valence-corrected chi connectivity index (χ0v) is 19.0. The van der Waals surface area contributed by atoms with Crippen LogP contribution in [0.25, 0.3) is 21.7 Å². The van der Waals surface area contributed by atoms with Gasteiger partial charge in [0, 0.05) is 34.7 Å². The molecule has 5 rings (SSSR count). The molecule has 6 heteroatoms. The van der Waals surface area contributed by atoms with Crippen molar-refractivity contribution in [2.45, 2.75) is 37.1 Å². The van der Waals surface area contributed by atoms with Crippen LogP contribution in [0.3, 0.4) is 0 Å². The van der Waals surface area contributed by atoms with Gasteiger partial charge in [0.1, 0.15) is 0 Å². The Morgan fingerprint density at radius 1 is 0.812 bits per heavy atom. The molecule has 4 aromatic rings. The maximum atomic E-state index is 13.1. The SMILES string of the molecule is O=S(=O)(Nc1ccc2c(ccn2CCCN2CCCCC2)c1)c1cccc2ccccc12. The van der Waals surface area contributed by atoms with Crippen LogP contribution in [-0.2, 0) is 16.6 Å². The lowest BCUT2D eigenvalue weighted by molar-refractivity contribution is 0.223. The second kappa shape index (κ2) is 8.96. The van der Waals surface area contributed by atoms with Gasteiger partial charge in [-0.3, -0.25) is 4.72 Å². The molecular weight excluding hydrogens is 418 g/mol. The van der Waals surface area contributed by atoms with E-state index in [1.807, 2.05) is 48.5 Å². The van der Waals surface area contributed by atoms with Gasteiger partial charge in [-0.25, -0.2) is 8.42 Å². The minimum atomic E-state index is -3.69. The molecule has 0 spiro atoms. The zero-order chi connectivity index (χ0) is 22.0. The van der Waals surface area contributed by atoms with Crippen LogP contribution >= 0.6 is 0 Å². The lowest BCUT2D eigenvalue weighted by Gasteiger charge is -2.26. The van der Waals surface area contributed by atoms with Crippen LogP contribution in [0, 0.1) is 0 Å². The summed E-state index contributed by atoms with van der Waals surface area (Å²) in [5, 5.41) is 2.68. The van der Waals surface area contributed by atoms with E-state index in [1.54, 1.807) is 12.1 Å². The molecule has 32 heavy (non-hydrogen) atoms. The number of aryl methyl sites for hydroxylation is 1. The highest BCUT2D eigenvalue weighted by molar-refractivity contribution is 7.93. The van der Waals surface area contributed by atoms with Crippen molar-refractivity contribution < 1.29 is 8.42 Å². The van der Waals surface area contributed by atoms with Gasteiger partial charge in [0.15, 0.2) is 0 Å². The Labute approximate surface area is 189 Å². The van der Waals surface area contributed by atoms with E-state index in [0.717, 1.165) is 41.2 Å². The first-order valence-corrected chi connectivity index (χ1v) is 12.9. The Hall–Kier alpha value is -2.83. The fourth-order valence-electron chi connectivity index (χ4n) is 4.75. The first-order valence-electron chi connectivity index (χ1n) is 11.4. The van der Waals surface area contributed by atoms with Crippen molar-refractivity contribution in [1.82, 2.24) is 9.47 Å². The van der Waals surface area contributed by atoms with E-state index in [4.69, 9.17) is 0 Å². The van der Waals surface area contributed by atoms with Gasteiger partial charge in [0.05, 0.1) is 4.90 Å². The van der Waals surface area contributed by atoms with Crippen LogP contribution in [0.4, 0.5) is 5.69 Å². The molecule has 1 N–H and O–H groups in total. The number of nitrogens with zero attached hydrogens (tertiary/aromatic N) is 2. The van der Waals surface area contributed by atoms with Gasteiger partial charge in [-0.05, 0) is 74.6 Å². The maximum absolute atomic E-state index is 13.1. The summed E-state index contributed by atoms with van der Waals surface area (Å²) >= 11 is 0. The third-order valence-corrected chi connectivity index (χ3v) is 7.82. The molecule has 0 amide bonds. The van der Waals surface area contributed by atoms with Gasteiger partial charge in [-0.1, -0.05) is 42.8 Å². The number of sulfonamides is 1. The average molecular weight is 448 g/mol. The van der Waals surface area contributed by atoms with Crippen molar-refractivity contribution >= 4 is 37.4 Å². The third-order valence-electron chi connectivity index (χ3n) is 6.38. The third kappa shape index (κ3) is 4.38. The molecule has 166 valence electrons. The molecule has 0 aliphatic carbocycles. The first kappa shape index (κ1) is 21.0. The Bertz CT molecular complexity index is 1330. The highest BCUT2D eigenvalue weighted by Crippen LogP contribution is 2.27. The topological polar surface area (TPSA) is 54.3 Å². The van der Waals surface area contributed by atoms with E-state index in [-0.39, 0.29) is 0 Å². The summed E-state index contributed by atoms with van der Waals surface area (Å²) in [6.45, 7) is 4.57. The van der Waals surface area contributed by atoms with Gasteiger partial charge >= 0.3 is 0 Å². The molecule has 5 nitrogen and oxygen atoms in total. The minimum Gasteiger partial charge on any atom is -0.347 e. The monoisotopic (exact) mass is 447 g/mol. The van der Waals surface area contributed by atoms with Crippen molar-refractivity contribution in [3.05, 3.63) is 72.9 Å². The normalized spacial score (nSPS) is 15.4. The Balaban J connectivity index is 1.32. The van der Waals surface area contributed by atoms with Crippen molar-refractivity contribution in [2.75, 3.05) is 24.4 Å². The van der Waals surface area contributed by atoms with Crippen LogP contribution in [0.1, 0.15) is 25.7 Å². The molecule has 0 saturated carbocycles. The smallest absolute Gasteiger partial charge is 0.262 e. The van der Waals surface area contributed by atoms with Gasteiger partial charge in [-0.15, -0.1) is 0 Å². The molecule has 0 bridgehead atoms. The quantitative estimate of drug-likeness (QED) is 0.409. The van der Waals surface area contributed by atoms with Crippen molar-refractivity contribution in [3.8, 4) is 0 Å². The van der Waals surface area contributed by atoms with Crippen LogP contribution < -0.4 is 4.72 Å². The second-order valence-corrected chi connectivity index (χ2v) is 10.3. The summed E-state index contributed by atoms with van der Waals surface area (Å²) in [7, 11) is -3.69. The van der Waals surface area contributed by atoms with Gasteiger partial charge in [0.2, 0.25) is 0 Å². The lowest BCUT2D eigenvalue weighted by atomic mass is 10.1. The summed E-state index contributed by atoms with van der Waals surface area (Å²) in [5.74, 6) is 0. The van der Waals surface area contributed by atoms with Crippen LogP contribution in [0.5, 0.6) is 0 Å². The Kier molecular flexibility index (Phi) is 5.89. The van der Waals surface area contributed by atoms with Crippen molar-refractivity contribution in [2.24, 2.45) is 0 Å². The number of likely N-dealkylation sites (tertiary alicyclic amines) is 1. The summed E-state index contributed by atoms with van der Waals surface area (Å²) in [4.78, 5) is 2.86. The second-order valence-electron chi connectivity index (χ2n) is 8.62. The van der Waals surface area contributed by atoms with E-state index >= 15 is 0 Å². The molecule has 0 radical (unpaired) electrons. The number of nitrogens with one attached hydrogen (secondary N) is 1.